The first-order valence-corrected chi connectivity index (χ1v) is 7.81. The molecule has 0 saturated carbocycles. The van der Waals surface area contributed by atoms with Crippen LogP contribution in [0, 0.1) is 0 Å². The molecule has 0 aromatic heterocycles. The normalized spacial score (nSPS) is 15.0. The summed E-state index contributed by atoms with van der Waals surface area (Å²) in [5.74, 6) is -7.84. The van der Waals surface area contributed by atoms with Gasteiger partial charge in [-0.3, -0.25) is 9.59 Å². The highest BCUT2D eigenvalue weighted by atomic mass is 16.5. The molecule has 0 bridgehead atoms. The number of carboxylic acid groups (broad SMARTS) is 2. The van der Waals surface area contributed by atoms with Crippen LogP contribution in [0.3, 0.4) is 0 Å². The number of carbonyl (C=O) groups is 4. The van der Waals surface area contributed by atoms with Crippen LogP contribution in [-0.2, 0) is 9.59 Å². The highest BCUT2D eigenvalue weighted by molar-refractivity contribution is 6.28. The van der Waals surface area contributed by atoms with Crippen molar-refractivity contribution in [2.45, 2.75) is 11.2 Å². The second kappa shape index (κ2) is 7.59. The number of carbonyl (C=O) groups excluding carboxylic acids is 2. The summed E-state index contributed by atoms with van der Waals surface area (Å²) in [6.45, 7) is 0. The van der Waals surface area contributed by atoms with E-state index in [4.69, 9.17) is 4.74 Å². The third-order valence-corrected chi connectivity index (χ3v) is 4.19. The first-order valence-electron chi connectivity index (χ1n) is 7.81. The van der Waals surface area contributed by atoms with E-state index in [2.05, 4.69) is 0 Å². The Hall–Kier alpha value is -3.56. The number of methoxy groups -OCH3 is 1. The molecule has 2 unspecified atom stereocenters. The first kappa shape index (κ1) is 20.7. The van der Waals surface area contributed by atoms with Crippen molar-refractivity contribution in [1.82, 2.24) is 0 Å². The van der Waals surface area contributed by atoms with Gasteiger partial charge >= 0.3 is 11.9 Å². The molecule has 146 valence electrons. The highest BCUT2D eigenvalue weighted by Crippen LogP contribution is 2.32. The molecule has 2 aromatic carbocycles. The highest BCUT2D eigenvalue weighted by Gasteiger charge is 2.69. The van der Waals surface area contributed by atoms with E-state index in [0.29, 0.717) is 5.75 Å². The Labute approximate surface area is 158 Å². The van der Waals surface area contributed by atoms with Crippen LogP contribution >= 0.6 is 0 Å². The Morgan fingerprint density at radius 3 is 1.46 bits per heavy atom. The lowest BCUT2D eigenvalue weighted by molar-refractivity contribution is -0.187. The number of rotatable bonds is 8. The van der Waals surface area contributed by atoms with Gasteiger partial charge in [0.2, 0.25) is 11.6 Å². The quantitative estimate of drug-likeness (QED) is 0.371. The second-order valence-electron chi connectivity index (χ2n) is 5.78. The lowest BCUT2D eigenvalue weighted by atomic mass is 9.73. The van der Waals surface area contributed by atoms with Gasteiger partial charge in [-0.2, -0.15) is 0 Å². The van der Waals surface area contributed by atoms with Crippen molar-refractivity contribution in [3.05, 3.63) is 65.7 Å². The number of aliphatic carboxylic acids is 2. The first-order chi connectivity index (χ1) is 13.1. The lowest BCUT2D eigenvalue weighted by Gasteiger charge is -2.34. The number of carboxylic acids is 2. The molecule has 0 aliphatic carbocycles. The SMILES string of the molecule is COc1ccc(C(=O)C(O)(C(=O)O)C(O)(C(=O)O)C(=O)c2ccccc2)cc1. The van der Waals surface area contributed by atoms with Crippen LogP contribution in [0.25, 0.3) is 0 Å². The van der Waals surface area contributed by atoms with Crippen molar-refractivity contribution >= 4 is 23.5 Å². The van der Waals surface area contributed by atoms with Gasteiger partial charge in [-0.05, 0) is 24.3 Å². The van der Waals surface area contributed by atoms with Crippen molar-refractivity contribution in [3.8, 4) is 5.75 Å². The number of ether oxygens (including phenoxy) is 1. The fraction of sp³-hybridized carbons (Fsp3) is 0.158. The third kappa shape index (κ3) is 3.13. The Kier molecular flexibility index (Phi) is 5.62. The van der Waals surface area contributed by atoms with E-state index < -0.39 is 45.8 Å². The summed E-state index contributed by atoms with van der Waals surface area (Å²) in [6.07, 6.45) is 0. The van der Waals surface area contributed by atoms with Crippen LogP contribution in [0.5, 0.6) is 5.75 Å². The topological polar surface area (TPSA) is 158 Å². The molecule has 0 aliphatic heterocycles. The summed E-state index contributed by atoms with van der Waals surface area (Å²) in [6, 6.07) is 11.0. The van der Waals surface area contributed by atoms with Crippen molar-refractivity contribution in [3.63, 3.8) is 0 Å². The zero-order chi connectivity index (χ0) is 21.1. The average molecular weight is 388 g/mol. The molecule has 2 aromatic rings. The van der Waals surface area contributed by atoms with Crippen molar-refractivity contribution in [2.75, 3.05) is 7.11 Å². The van der Waals surface area contributed by atoms with Crippen molar-refractivity contribution in [2.24, 2.45) is 0 Å². The Balaban J connectivity index is 2.67. The molecule has 2 atom stereocenters. The molecular weight excluding hydrogens is 372 g/mol. The van der Waals surface area contributed by atoms with Gasteiger partial charge in [-0.25, -0.2) is 9.59 Å². The maximum atomic E-state index is 12.7. The lowest BCUT2D eigenvalue weighted by Crippen LogP contribution is -2.71. The van der Waals surface area contributed by atoms with Gasteiger partial charge < -0.3 is 25.2 Å². The van der Waals surface area contributed by atoms with Gasteiger partial charge in [0, 0.05) is 11.1 Å². The average Bonchev–Trinajstić information content (AvgIpc) is 2.71. The van der Waals surface area contributed by atoms with Gasteiger partial charge in [-0.1, -0.05) is 30.3 Å². The van der Waals surface area contributed by atoms with Crippen LogP contribution in [0.4, 0.5) is 0 Å². The zero-order valence-corrected chi connectivity index (χ0v) is 14.5. The number of aliphatic hydroxyl groups is 2. The van der Waals surface area contributed by atoms with Crippen LogP contribution in [0.1, 0.15) is 20.7 Å². The van der Waals surface area contributed by atoms with E-state index in [1.165, 1.54) is 37.4 Å². The molecule has 9 heteroatoms. The van der Waals surface area contributed by atoms with Crippen molar-refractivity contribution < 1.29 is 44.3 Å². The number of hydrogen-bond donors (Lipinski definition) is 4. The van der Waals surface area contributed by atoms with E-state index in [0.717, 1.165) is 24.3 Å². The summed E-state index contributed by atoms with van der Waals surface area (Å²) in [4.78, 5) is 48.9. The number of benzene rings is 2. The molecule has 0 saturated heterocycles. The molecule has 4 N–H and O–H groups in total. The fourth-order valence-electron chi connectivity index (χ4n) is 2.58. The smallest absolute Gasteiger partial charge is 0.348 e. The van der Waals surface area contributed by atoms with Gasteiger partial charge in [0.05, 0.1) is 7.11 Å². The molecule has 0 aliphatic rings. The molecule has 0 spiro atoms. The molecular formula is C19H16O9. The molecule has 0 fully saturated rings. The number of Topliss-reactive ketones (excluding diaryl/α,β-unsaturated/α-hetero) is 2. The van der Waals surface area contributed by atoms with E-state index in [9.17, 15) is 39.6 Å². The standard InChI is InChI=1S/C19H16O9/c1-28-13-9-7-12(8-10-13)15(21)19(27,17(24)25)18(26,16(22)23)14(20)11-5-3-2-4-6-11/h2-10,26-27H,1H3,(H,22,23)(H,24,25). The summed E-state index contributed by atoms with van der Waals surface area (Å²) in [7, 11) is 1.34. The van der Waals surface area contributed by atoms with E-state index in [1.807, 2.05) is 0 Å². The molecule has 2 rings (SSSR count). The van der Waals surface area contributed by atoms with E-state index in [1.54, 1.807) is 0 Å². The monoisotopic (exact) mass is 388 g/mol. The number of ketones is 2. The summed E-state index contributed by atoms with van der Waals surface area (Å²) >= 11 is 0. The van der Waals surface area contributed by atoms with Crippen LogP contribution in [0.15, 0.2) is 54.6 Å². The molecule has 0 radical (unpaired) electrons. The molecule has 0 heterocycles. The maximum Gasteiger partial charge on any atom is 0.348 e. The predicted molar refractivity (Wildman–Crippen MR) is 93.3 cm³/mol. The van der Waals surface area contributed by atoms with Gasteiger partial charge in [0.25, 0.3) is 11.2 Å². The van der Waals surface area contributed by atoms with E-state index in [-0.39, 0.29) is 0 Å². The fourth-order valence-corrected chi connectivity index (χ4v) is 2.58. The minimum Gasteiger partial charge on any atom is -0.497 e. The van der Waals surface area contributed by atoms with E-state index >= 15 is 0 Å². The minimum absolute atomic E-state index is 0.296. The largest absolute Gasteiger partial charge is 0.497 e. The Bertz CT molecular complexity index is 920. The maximum absolute atomic E-state index is 12.7. The van der Waals surface area contributed by atoms with Gasteiger partial charge in [0.1, 0.15) is 5.75 Å². The minimum atomic E-state index is -4.00. The van der Waals surface area contributed by atoms with Crippen LogP contribution < -0.4 is 4.74 Å². The molecule has 0 amide bonds. The predicted octanol–water partition coefficient (Wildman–Crippen LogP) is 0.392. The van der Waals surface area contributed by atoms with Crippen LogP contribution in [0.2, 0.25) is 0 Å². The molecule has 28 heavy (non-hydrogen) atoms. The summed E-state index contributed by atoms with van der Waals surface area (Å²) in [5, 5.41) is 40.2. The van der Waals surface area contributed by atoms with Crippen molar-refractivity contribution in [1.29, 1.82) is 0 Å². The van der Waals surface area contributed by atoms with Gasteiger partial charge in [-0.15, -0.1) is 0 Å². The third-order valence-electron chi connectivity index (χ3n) is 4.19. The zero-order valence-electron chi connectivity index (χ0n) is 14.5. The molecule has 9 nitrogen and oxygen atoms in total. The second-order valence-corrected chi connectivity index (χ2v) is 5.78. The van der Waals surface area contributed by atoms with Gasteiger partial charge in [0.15, 0.2) is 0 Å². The Morgan fingerprint density at radius 1 is 0.714 bits per heavy atom. The van der Waals surface area contributed by atoms with Crippen LogP contribution in [-0.4, -0.2) is 62.2 Å². The summed E-state index contributed by atoms with van der Waals surface area (Å²) < 4.78 is 4.90. The Morgan fingerprint density at radius 2 is 1.11 bits per heavy atom. The summed E-state index contributed by atoms with van der Waals surface area (Å²) in [5.41, 5.74) is -8.85. The number of hydrogen-bond acceptors (Lipinski definition) is 7.